The Bertz CT molecular complexity index is 936. The number of rotatable bonds is 2. The first-order valence-corrected chi connectivity index (χ1v) is 7.26. The first-order valence-electron chi connectivity index (χ1n) is 7.26. The van der Waals surface area contributed by atoms with Crippen molar-refractivity contribution in [2.75, 3.05) is 0 Å². The van der Waals surface area contributed by atoms with E-state index >= 15 is 0 Å². The van der Waals surface area contributed by atoms with Gasteiger partial charge in [-0.15, -0.1) is 0 Å². The first kappa shape index (κ1) is 12.8. The van der Waals surface area contributed by atoms with Gasteiger partial charge in [0.15, 0.2) is 0 Å². The third-order valence-electron chi connectivity index (χ3n) is 3.95. The van der Waals surface area contributed by atoms with Crippen molar-refractivity contribution in [3.8, 4) is 16.8 Å². The zero-order chi connectivity index (χ0) is 14.9. The van der Waals surface area contributed by atoms with Gasteiger partial charge in [-0.2, -0.15) is 0 Å². The highest BCUT2D eigenvalue weighted by atomic mass is 15.0. The number of fused-ring (bicyclic) bond motifs is 1. The Morgan fingerprint density at radius 2 is 1.73 bits per heavy atom. The molecular formula is C19H15N3. The molecule has 0 aliphatic carbocycles. The fraction of sp³-hybridized carbons (Fsp3) is 0.0526. The van der Waals surface area contributed by atoms with Gasteiger partial charge >= 0.3 is 0 Å². The van der Waals surface area contributed by atoms with Crippen LogP contribution in [-0.2, 0) is 0 Å². The Labute approximate surface area is 128 Å². The van der Waals surface area contributed by atoms with Crippen LogP contribution in [0.5, 0.6) is 0 Å². The van der Waals surface area contributed by atoms with Crippen molar-refractivity contribution in [2.45, 2.75) is 6.92 Å². The van der Waals surface area contributed by atoms with E-state index in [1.54, 1.807) is 0 Å². The number of aromatic nitrogens is 3. The molecule has 106 valence electrons. The van der Waals surface area contributed by atoms with E-state index in [4.69, 9.17) is 0 Å². The van der Waals surface area contributed by atoms with Gasteiger partial charge in [-0.05, 0) is 48.4 Å². The number of benzene rings is 2. The van der Waals surface area contributed by atoms with Gasteiger partial charge in [0, 0.05) is 23.6 Å². The van der Waals surface area contributed by atoms with Crippen molar-refractivity contribution in [2.24, 2.45) is 0 Å². The van der Waals surface area contributed by atoms with Crippen molar-refractivity contribution < 1.29 is 0 Å². The van der Waals surface area contributed by atoms with E-state index in [-0.39, 0.29) is 0 Å². The first-order chi connectivity index (χ1) is 10.8. The van der Waals surface area contributed by atoms with Crippen LogP contribution >= 0.6 is 0 Å². The minimum absolute atomic E-state index is 1.01. The number of aryl methyl sites for hydroxylation is 1. The predicted octanol–water partition coefficient (Wildman–Crippen LogP) is 4.40. The average molecular weight is 285 g/mol. The topological polar surface area (TPSA) is 30.7 Å². The molecule has 0 bridgehead atoms. The van der Waals surface area contributed by atoms with Gasteiger partial charge in [-0.25, -0.2) is 4.98 Å². The zero-order valence-corrected chi connectivity index (χ0v) is 12.3. The lowest BCUT2D eigenvalue weighted by atomic mass is 10.0. The minimum Gasteiger partial charge on any atom is -0.299 e. The van der Waals surface area contributed by atoms with Gasteiger partial charge in [0.2, 0.25) is 0 Å². The second-order valence-corrected chi connectivity index (χ2v) is 5.34. The summed E-state index contributed by atoms with van der Waals surface area (Å²) in [7, 11) is 0. The van der Waals surface area contributed by atoms with E-state index in [1.165, 1.54) is 16.7 Å². The molecule has 2 heterocycles. The van der Waals surface area contributed by atoms with E-state index in [0.29, 0.717) is 0 Å². The van der Waals surface area contributed by atoms with E-state index < -0.39 is 0 Å². The van der Waals surface area contributed by atoms with Crippen LogP contribution in [0, 0.1) is 6.92 Å². The number of hydrogen-bond donors (Lipinski definition) is 0. The van der Waals surface area contributed by atoms with E-state index in [9.17, 15) is 0 Å². The molecule has 22 heavy (non-hydrogen) atoms. The molecule has 0 aliphatic rings. The Hall–Kier alpha value is -2.94. The smallest absolute Gasteiger partial charge is 0.100 e. The van der Waals surface area contributed by atoms with Gasteiger partial charge in [-0.1, -0.05) is 24.3 Å². The fourth-order valence-corrected chi connectivity index (χ4v) is 2.73. The summed E-state index contributed by atoms with van der Waals surface area (Å²) in [5.74, 6) is 0. The largest absolute Gasteiger partial charge is 0.299 e. The molecule has 0 unspecified atom stereocenters. The van der Waals surface area contributed by atoms with Gasteiger partial charge in [-0.3, -0.25) is 9.55 Å². The molecule has 4 aromatic rings. The molecule has 4 rings (SSSR count). The number of hydrogen-bond acceptors (Lipinski definition) is 2. The van der Waals surface area contributed by atoms with Crippen LogP contribution in [-0.4, -0.2) is 14.5 Å². The molecule has 0 saturated heterocycles. The Morgan fingerprint density at radius 1 is 0.909 bits per heavy atom. The molecule has 0 radical (unpaired) electrons. The lowest BCUT2D eigenvalue weighted by molar-refractivity contribution is 1.09. The highest BCUT2D eigenvalue weighted by Gasteiger charge is 2.05. The Kier molecular flexibility index (Phi) is 2.97. The second kappa shape index (κ2) is 5.11. The van der Waals surface area contributed by atoms with Crippen LogP contribution in [0.4, 0.5) is 0 Å². The monoisotopic (exact) mass is 285 g/mol. The Balaban J connectivity index is 1.78. The third kappa shape index (κ3) is 2.07. The number of para-hydroxylation sites is 2. The lowest BCUT2D eigenvalue weighted by Crippen LogP contribution is -1.92. The Morgan fingerprint density at radius 3 is 2.55 bits per heavy atom. The summed E-state index contributed by atoms with van der Waals surface area (Å²) in [4.78, 5) is 8.66. The summed E-state index contributed by atoms with van der Waals surface area (Å²) in [6, 6.07) is 18.7. The minimum atomic E-state index is 1.01. The molecule has 0 amide bonds. The van der Waals surface area contributed by atoms with Crippen LogP contribution in [0.1, 0.15) is 5.56 Å². The van der Waals surface area contributed by atoms with Crippen LogP contribution in [0.15, 0.2) is 73.3 Å². The van der Waals surface area contributed by atoms with Crippen molar-refractivity contribution in [3.63, 3.8) is 0 Å². The zero-order valence-electron chi connectivity index (χ0n) is 12.3. The molecule has 2 aromatic carbocycles. The quantitative estimate of drug-likeness (QED) is 0.546. The molecule has 0 N–H and O–H groups in total. The molecular weight excluding hydrogens is 270 g/mol. The molecule has 0 atom stereocenters. The molecule has 2 aromatic heterocycles. The highest BCUT2D eigenvalue weighted by molar-refractivity contribution is 5.77. The molecule has 3 heteroatoms. The summed E-state index contributed by atoms with van der Waals surface area (Å²) < 4.78 is 2.11. The number of imidazole rings is 1. The van der Waals surface area contributed by atoms with Crippen LogP contribution in [0.25, 0.3) is 27.8 Å². The average Bonchev–Trinajstić information content (AvgIpc) is 3.00. The maximum Gasteiger partial charge on any atom is 0.100 e. The van der Waals surface area contributed by atoms with E-state index in [1.807, 2.05) is 43.0 Å². The summed E-state index contributed by atoms with van der Waals surface area (Å²) in [6.45, 7) is 2.11. The normalized spacial score (nSPS) is 11.0. The maximum absolute atomic E-state index is 4.44. The fourth-order valence-electron chi connectivity index (χ4n) is 2.73. The predicted molar refractivity (Wildman–Crippen MR) is 89.0 cm³/mol. The van der Waals surface area contributed by atoms with Crippen molar-refractivity contribution in [1.82, 2.24) is 14.5 Å². The molecule has 0 fully saturated rings. The standard InChI is InChI=1S/C19H15N3/c1-14-10-11-20-12-17(14)15-6-8-16(9-7-15)22-13-21-18-4-2-3-5-19(18)22/h2-13H,1H3. The molecule has 3 nitrogen and oxygen atoms in total. The second-order valence-electron chi connectivity index (χ2n) is 5.34. The van der Waals surface area contributed by atoms with Gasteiger partial charge in [0.1, 0.15) is 6.33 Å². The van der Waals surface area contributed by atoms with Gasteiger partial charge in [0.05, 0.1) is 11.0 Å². The van der Waals surface area contributed by atoms with Gasteiger partial charge in [0.25, 0.3) is 0 Å². The summed E-state index contributed by atoms with van der Waals surface area (Å²) in [5, 5.41) is 0. The van der Waals surface area contributed by atoms with Crippen molar-refractivity contribution in [3.05, 3.63) is 78.9 Å². The van der Waals surface area contributed by atoms with E-state index in [0.717, 1.165) is 16.7 Å². The van der Waals surface area contributed by atoms with Crippen molar-refractivity contribution in [1.29, 1.82) is 0 Å². The molecule has 0 aliphatic heterocycles. The third-order valence-corrected chi connectivity index (χ3v) is 3.95. The number of pyridine rings is 1. The summed E-state index contributed by atoms with van der Waals surface area (Å²) in [5.41, 5.74) is 6.82. The lowest BCUT2D eigenvalue weighted by Gasteiger charge is -2.08. The van der Waals surface area contributed by atoms with Gasteiger partial charge < -0.3 is 0 Å². The SMILES string of the molecule is Cc1ccncc1-c1ccc(-n2cnc3ccccc32)cc1. The summed E-state index contributed by atoms with van der Waals surface area (Å²) in [6.07, 6.45) is 5.61. The van der Waals surface area contributed by atoms with Crippen molar-refractivity contribution >= 4 is 11.0 Å². The molecule has 0 saturated carbocycles. The van der Waals surface area contributed by atoms with E-state index in [2.05, 4.69) is 51.8 Å². The van der Waals surface area contributed by atoms with Crippen LogP contribution in [0.2, 0.25) is 0 Å². The van der Waals surface area contributed by atoms with Crippen LogP contribution < -0.4 is 0 Å². The highest BCUT2D eigenvalue weighted by Crippen LogP contribution is 2.24. The molecule has 0 spiro atoms. The van der Waals surface area contributed by atoms with Crippen LogP contribution in [0.3, 0.4) is 0 Å². The summed E-state index contributed by atoms with van der Waals surface area (Å²) >= 11 is 0. The number of nitrogens with zero attached hydrogens (tertiary/aromatic N) is 3. The maximum atomic E-state index is 4.44.